The van der Waals surface area contributed by atoms with E-state index in [1.165, 1.54) is 0 Å². The number of nitriles is 1. The van der Waals surface area contributed by atoms with Crippen LogP contribution in [0.4, 0.5) is 10.7 Å². The third-order valence-electron chi connectivity index (χ3n) is 4.89. The molecule has 0 radical (unpaired) electrons. The molecule has 2 aromatic heterocycles. The molecule has 1 aliphatic rings. The molecule has 0 N–H and O–H groups in total. The molecule has 10 heteroatoms. The molecule has 1 saturated heterocycles. The molecule has 166 valence electrons. The summed E-state index contributed by atoms with van der Waals surface area (Å²) in [5.41, 5.74) is 0.162. The number of oxazole rings is 1. The predicted octanol–water partition coefficient (Wildman–Crippen LogP) is 4.32. The van der Waals surface area contributed by atoms with E-state index in [0.29, 0.717) is 61.0 Å². The van der Waals surface area contributed by atoms with Gasteiger partial charge in [0, 0.05) is 26.2 Å². The Morgan fingerprint density at radius 3 is 2.69 bits per heavy atom. The number of furan rings is 1. The molecule has 0 saturated carbocycles. The minimum atomic E-state index is -0.340. The van der Waals surface area contributed by atoms with E-state index in [9.17, 15) is 10.1 Å². The number of hydrogen-bond acceptors (Lipinski definition) is 8. The van der Waals surface area contributed by atoms with Crippen LogP contribution in [-0.4, -0.2) is 48.8 Å². The fourth-order valence-corrected chi connectivity index (χ4v) is 3.48. The van der Waals surface area contributed by atoms with Crippen LogP contribution in [0.15, 0.2) is 45.2 Å². The van der Waals surface area contributed by atoms with Gasteiger partial charge in [0.1, 0.15) is 24.2 Å². The van der Waals surface area contributed by atoms with Crippen LogP contribution in [0.1, 0.15) is 18.4 Å². The summed E-state index contributed by atoms with van der Waals surface area (Å²) in [4.78, 5) is 19.7. The first-order valence-electron chi connectivity index (χ1n) is 10.1. The highest BCUT2D eigenvalue weighted by molar-refractivity contribution is 6.32. The zero-order valence-corrected chi connectivity index (χ0v) is 18.2. The lowest BCUT2D eigenvalue weighted by Gasteiger charge is -2.33. The second-order valence-corrected chi connectivity index (χ2v) is 7.35. The summed E-state index contributed by atoms with van der Waals surface area (Å²) in [5.74, 6) is 2.06. The first kappa shape index (κ1) is 21.6. The lowest BCUT2D eigenvalue weighted by molar-refractivity contribution is 0.104. The largest absolute Gasteiger partial charge is 0.484 e. The van der Waals surface area contributed by atoms with E-state index >= 15 is 0 Å². The minimum Gasteiger partial charge on any atom is -0.484 e. The molecule has 0 unspecified atom stereocenters. The topological polar surface area (TPSA) is 105 Å². The molecule has 0 atom stereocenters. The van der Waals surface area contributed by atoms with Gasteiger partial charge in [0.05, 0.1) is 11.6 Å². The molecule has 1 aliphatic heterocycles. The number of carbonyl (C=O) groups excluding carboxylic acids is 1. The monoisotopic (exact) mass is 456 g/mol. The van der Waals surface area contributed by atoms with Crippen LogP contribution in [-0.2, 0) is 11.3 Å². The number of aromatic nitrogens is 1. The second-order valence-electron chi connectivity index (χ2n) is 6.94. The maximum atomic E-state index is 11.9. The van der Waals surface area contributed by atoms with Gasteiger partial charge in [-0.1, -0.05) is 23.7 Å². The first-order valence-corrected chi connectivity index (χ1v) is 10.5. The second kappa shape index (κ2) is 9.66. The van der Waals surface area contributed by atoms with Crippen molar-refractivity contribution in [3.63, 3.8) is 0 Å². The standard InChI is InChI=1S/C22H21ClN4O5/c1-2-29-22(28)27-11-9-26(10-12-27)21-17(13-24)25-20(32-21)19-8-7-15(31-19)14-30-18-6-4-3-5-16(18)23/h3-8H,2,9-12,14H2,1H3. The summed E-state index contributed by atoms with van der Waals surface area (Å²) in [5, 5.41) is 10.0. The van der Waals surface area contributed by atoms with Crippen LogP contribution in [0, 0.1) is 11.3 Å². The molecule has 0 spiro atoms. The van der Waals surface area contributed by atoms with E-state index in [4.69, 9.17) is 29.9 Å². The Bertz CT molecular complexity index is 1130. The molecular weight excluding hydrogens is 436 g/mol. The molecule has 4 rings (SSSR count). The predicted molar refractivity (Wildman–Crippen MR) is 116 cm³/mol. The molecule has 9 nitrogen and oxygen atoms in total. The van der Waals surface area contributed by atoms with Gasteiger partial charge in [-0.25, -0.2) is 4.79 Å². The quantitative estimate of drug-likeness (QED) is 0.540. The van der Waals surface area contributed by atoms with Gasteiger partial charge in [-0.2, -0.15) is 10.2 Å². The van der Waals surface area contributed by atoms with Gasteiger partial charge in [0.25, 0.3) is 5.89 Å². The summed E-state index contributed by atoms with van der Waals surface area (Å²) in [6.45, 7) is 4.20. The SMILES string of the molecule is CCOC(=O)N1CCN(c2oc(-c3ccc(COc4ccccc4Cl)o3)nc2C#N)CC1. The van der Waals surface area contributed by atoms with Crippen molar-refractivity contribution in [2.45, 2.75) is 13.5 Å². The molecule has 1 amide bonds. The van der Waals surface area contributed by atoms with Gasteiger partial charge in [0.15, 0.2) is 5.76 Å². The highest BCUT2D eigenvalue weighted by atomic mass is 35.5. The number of para-hydroxylation sites is 1. The summed E-state index contributed by atoms with van der Waals surface area (Å²) in [6.07, 6.45) is -0.340. The van der Waals surface area contributed by atoms with Crippen molar-refractivity contribution in [3.8, 4) is 23.5 Å². The Balaban J connectivity index is 1.43. The Morgan fingerprint density at radius 1 is 1.19 bits per heavy atom. The van der Waals surface area contributed by atoms with Gasteiger partial charge in [-0.3, -0.25) is 0 Å². The number of anilines is 1. The van der Waals surface area contributed by atoms with Gasteiger partial charge in [0.2, 0.25) is 11.6 Å². The van der Waals surface area contributed by atoms with Crippen LogP contribution in [0.5, 0.6) is 5.75 Å². The van der Waals surface area contributed by atoms with Crippen LogP contribution in [0.2, 0.25) is 5.02 Å². The molecule has 3 heterocycles. The summed E-state index contributed by atoms with van der Waals surface area (Å²) < 4.78 is 22.4. The third-order valence-corrected chi connectivity index (χ3v) is 5.20. The molecule has 1 aromatic carbocycles. The number of amides is 1. The van der Waals surface area contributed by atoms with Crippen molar-refractivity contribution in [1.29, 1.82) is 5.26 Å². The van der Waals surface area contributed by atoms with Crippen LogP contribution >= 0.6 is 11.6 Å². The number of rotatable bonds is 6. The number of hydrogen-bond donors (Lipinski definition) is 0. The maximum Gasteiger partial charge on any atom is 0.409 e. The maximum absolute atomic E-state index is 11.9. The zero-order valence-electron chi connectivity index (χ0n) is 17.4. The van der Waals surface area contributed by atoms with Gasteiger partial charge in [-0.15, -0.1) is 0 Å². The average Bonchev–Trinajstić information content (AvgIpc) is 3.46. The Labute approximate surface area is 189 Å². The van der Waals surface area contributed by atoms with Crippen molar-refractivity contribution < 1.29 is 23.1 Å². The lowest BCUT2D eigenvalue weighted by Crippen LogP contribution is -2.49. The van der Waals surface area contributed by atoms with Crippen molar-refractivity contribution in [2.75, 3.05) is 37.7 Å². The fourth-order valence-electron chi connectivity index (χ4n) is 3.29. The third kappa shape index (κ3) is 4.65. The van der Waals surface area contributed by atoms with Crippen LogP contribution in [0.3, 0.4) is 0 Å². The van der Waals surface area contributed by atoms with E-state index in [0.717, 1.165) is 0 Å². The number of ether oxygens (including phenoxy) is 2. The van der Waals surface area contributed by atoms with Gasteiger partial charge < -0.3 is 28.1 Å². The number of piperazine rings is 1. The van der Waals surface area contributed by atoms with Crippen molar-refractivity contribution in [2.24, 2.45) is 0 Å². The van der Waals surface area contributed by atoms with Crippen molar-refractivity contribution in [1.82, 2.24) is 9.88 Å². The Hall–Kier alpha value is -3.64. The zero-order chi connectivity index (χ0) is 22.5. The van der Waals surface area contributed by atoms with Crippen LogP contribution in [0.25, 0.3) is 11.7 Å². The smallest absolute Gasteiger partial charge is 0.409 e. The number of benzene rings is 1. The summed E-state index contributed by atoms with van der Waals surface area (Å²) in [7, 11) is 0. The minimum absolute atomic E-state index is 0.162. The molecular formula is C22H21ClN4O5. The number of carbonyl (C=O) groups is 1. The van der Waals surface area contributed by atoms with Crippen LogP contribution < -0.4 is 9.64 Å². The molecule has 0 aliphatic carbocycles. The summed E-state index contributed by atoms with van der Waals surface area (Å²) >= 11 is 6.10. The highest BCUT2D eigenvalue weighted by Gasteiger charge is 2.27. The first-order chi connectivity index (χ1) is 15.6. The van der Waals surface area contributed by atoms with E-state index in [1.54, 1.807) is 36.1 Å². The molecule has 32 heavy (non-hydrogen) atoms. The van der Waals surface area contributed by atoms with Gasteiger partial charge >= 0.3 is 6.09 Å². The average molecular weight is 457 g/mol. The molecule has 0 bridgehead atoms. The van der Waals surface area contributed by atoms with E-state index in [1.807, 2.05) is 17.0 Å². The number of halogens is 1. The van der Waals surface area contributed by atoms with Crippen molar-refractivity contribution in [3.05, 3.63) is 52.9 Å². The Morgan fingerprint density at radius 2 is 1.97 bits per heavy atom. The van der Waals surface area contributed by atoms with E-state index in [2.05, 4.69) is 11.1 Å². The molecule has 1 fully saturated rings. The van der Waals surface area contributed by atoms with Gasteiger partial charge in [-0.05, 0) is 31.2 Å². The lowest BCUT2D eigenvalue weighted by atomic mass is 10.3. The normalized spacial score (nSPS) is 13.7. The van der Waals surface area contributed by atoms with E-state index in [-0.39, 0.29) is 24.3 Å². The Kier molecular flexibility index (Phi) is 6.52. The van der Waals surface area contributed by atoms with E-state index < -0.39 is 0 Å². The van der Waals surface area contributed by atoms with Crippen molar-refractivity contribution >= 4 is 23.6 Å². The highest BCUT2D eigenvalue weighted by Crippen LogP contribution is 2.31. The number of nitrogens with zero attached hydrogens (tertiary/aromatic N) is 4. The fraction of sp³-hybridized carbons (Fsp3) is 0.318. The summed E-state index contributed by atoms with van der Waals surface area (Å²) in [6, 6.07) is 12.7. The molecule has 3 aromatic rings.